The molecule has 2 N–H and O–H groups in total. The maximum Gasteiger partial charge on any atom is 0.270 e. The fraction of sp³-hybridized carbons (Fsp3) is 0.280. The second kappa shape index (κ2) is 10.2. The van der Waals surface area contributed by atoms with Crippen molar-refractivity contribution in [2.24, 2.45) is 0 Å². The van der Waals surface area contributed by atoms with Gasteiger partial charge in [0.2, 0.25) is 0 Å². The van der Waals surface area contributed by atoms with Gasteiger partial charge in [-0.3, -0.25) is 4.79 Å². The molecule has 0 bridgehead atoms. The minimum Gasteiger partial charge on any atom is -0.493 e. The average molecular weight is 433 g/mol. The van der Waals surface area contributed by atoms with Gasteiger partial charge in [-0.05, 0) is 35.4 Å². The monoisotopic (exact) mass is 432 g/mol. The van der Waals surface area contributed by atoms with Crippen molar-refractivity contribution in [3.8, 4) is 11.5 Å². The Hall–Kier alpha value is -3.58. The van der Waals surface area contributed by atoms with E-state index in [0.29, 0.717) is 23.7 Å². The summed E-state index contributed by atoms with van der Waals surface area (Å²) in [7, 11) is 3.19. The van der Waals surface area contributed by atoms with Gasteiger partial charge in [-0.25, -0.2) is 4.98 Å². The number of carbonyl (C=O) groups is 1. The molecule has 0 saturated carbocycles. The molecule has 2 aromatic carbocycles. The van der Waals surface area contributed by atoms with Crippen LogP contribution in [0, 0.1) is 0 Å². The molecule has 7 heteroatoms. The van der Waals surface area contributed by atoms with Gasteiger partial charge in [0.15, 0.2) is 11.5 Å². The lowest BCUT2D eigenvalue weighted by Crippen LogP contribution is -2.46. The summed E-state index contributed by atoms with van der Waals surface area (Å²) in [6.07, 6.45) is 0. The summed E-state index contributed by atoms with van der Waals surface area (Å²) in [6, 6.07) is 21.8. The molecular weight excluding hydrogens is 404 g/mol. The maximum atomic E-state index is 12.8. The highest BCUT2D eigenvalue weighted by molar-refractivity contribution is 5.92. The molecule has 3 aromatic rings. The Balaban J connectivity index is 1.41. The Morgan fingerprint density at radius 1 is 1.06 bits per heavy atom. The maximum absolute atomic E-state index is 12.8. The summed E-state index contributed by atoms with van der Waals surface area (Å²) < 4.78 is 10.6. The van der Waals surface area contributed by atoms with Crippen molar-refractivity contribution in [3.63, 3.8) is 0 Å². The fourth-order valence-electron chi connectivity index (χ4n) is 3.86. The third kappa shape index (κ3) is 5.00. The minimum absolute atomic E-state index is 0.212. The van der Waals surface area contributed by atoms with E-state index in [1.807, 2.05) is 36.4 Å². The quantitative estimate of drug-likeness (QED) is 0.597. The molecule has 1 aliphatic rings. The molecule has 0 spiro atoms. The summed E-state index contributed by atoms with van der Waals surface area (Å²) in [4.78, 5) is 19.6. The zero-order valence-electron chi connectivity index (χ0n) is 18.4. The van der Waals surface area contributed by atoms with E-state index >= 15 is 0 Å². The molecule has 0 radical (unpaired) electrons. The van der Waals surface area contributed by atoms with Crippen LogP contribution in [0.3, 0.4) is 0 Å². The number of anilines is 1. The molecule has 32 heavy (non-hydrogen) atoms. The van der Waals surface area contributed by atoms with E-state index in [2.05, 4.69) is 44.8 Å². The molecule has 1 atom stereocenters. The minimum atomic E-state index is -0.212. The van der Waals surface area contributed by atoms with Crippen LogP contribution in [0.5, 0.6) is 11.5 Å². The van der Waals surface area contributed by atoms with Gasteiger partial charge in [0, 0.05) is 32.2 Å². The highest BCUT2D eigenvalue weighted by atomic mass is 16.5. The number of ether oxygens (including phenoxy) is 2. The molecule has 1 aliphatic heterocycles. The fourth-order valence-corrected chi connectivity index (χ4v) is 3.86. The second-order valence-electron chi connectivity index (χ2n) is 7.62. The van der Waals surface area contributed by atoms with Crippen LogP contribution in [0.4, 0.5) is 5.82 Å². The van der Waals surface area contributed by atoms with E-state index < -0.39 is 0 Å². The van der Waals surface area contributed by atoms with Gasteiger partial charge in [0.1, 0.15) is 11.5 Å². The number of nitrogens with one attached hydrogen (secondary N) is 2. The van der Waals surface area contributed by atoms with Crippen molar-refractivity contribution in [2.45, 2.75) is 12.6 Å². The number of pyridine rings is 1. The van der Waals surface area contributed by atoms with E-state index in [-0.39, 0.29) is 11.9 Å². The van der Waals surface area contributed by atoms with E-state index in [1.165, 1.54) is 5.56 Å². The lowest BCUT2D eigenvalue weighted by Gasteiger charge is -2.35. The first-order valence-corrected chi connectivity index (χ1v) is 10.7. The summed E-state index contributed by atoms with van der Waals surface area (Å²) in [5.74, 6) is 1.88. The van der Waals surface area contributed by atoms with Gasteiger partial charge >= 0.3 is 0 Å². The normalized spacial score (nSPS) is 15.8. The van der Waals surface area contributed by atoms with Crippen molar-refractivity contribution >= 4 is 11.7 Å². The van der Waals surface area contributed by atoms with Crippen LogP contribution in [0.2, 0.25) is 0 Å². The van der Waals surface area contributed by atoms with Crippen LogP contribution in [0.25, 0.3) is 0 Å². The number of piperazine rings is 1. The number of nitrogens with zero attached hydrogens (tertiary/aromatic N) is 2. The third-order valence-electron chi connectivity index (χ3n) is 5.57. The summed E-state index contributed by atoms with van der Waals surface area (Å²) in [6.45, 7) is 2.87. The average Bonchev–Trinajstić information content (AvgIpc) is 2.87. The van der Waals surface area contributed by atoms with E-state index in [1.54, 1.807) is 20.3 Å². The highest BCUT2D eigenvalue weighted by Gasteiger charge is 2.22. The van der Waals surface area contributed by atoms with Gasteiger partial charge in [-0.15, -0.1) is 0 Å². The summed E-state index contributed by atoms with van der Waals surface area (Å²) in [5, 5.41) is 6.50. The molecule has 4 rings (SSSR count). The van der Waals surface area contributed by atoms with Crippen molar-refractivity contribution < 1.29 is 14.3 Å². The van der Waals surface area contributed by atoms with Crippen LogP contribution >= 0.6 is 0 Å². The SMILES string of the molecule is COc1ccc(CNC(=O)c2cccc(N3CCN[C@H](c4ccccc4)C3)n2)cc1OC. The largest absolute Gasteiger partial charge is 0.493 e. The van der Waals surface area contributed by atoms with Gasteiger partial charge in [-0.2, -0.15) is 0 Å². The molecule has 166 valence electrons. The molecule has 1 amide bonds. The van der Waals surface area contributed by atoms with Gasteiger partial charge in [-0.1, -0.05) is 42.5 Å². The number of carbonyl (C=O) groups excluding carboxylic acids is 1. The zero-order chi connectivity index (χ0) is 22.3. The second-order valence-corrected chi connectivity index (χ2v) is 7.62. The highest BCUT2D eigenvalue weighted by Crippen LogP contribution is 2.27. The first kappa shape index (κ1) is 21.6. The number of rotatable bonds is 7. The van der Waals surface area contributed by atoms with E-state index in [9.17, 15) is 4.79 Å². The van der Waals surface area contributed by atoms with Crippen LogP contribution in [0.1, 0.15) is 27.7 Å². The third-order valence-corrected chi connectivity index (χ3v) is 5.57. The van der Waals surface area contributed by atoms with Crippen molar-refractivity contribution in [1.29, 1.82) is 0 Å². The Morgan fingerprint density at radius 2 is 1.88 bits per heavy atom. The lowest BCUT2D eigenvalue weighted by atomic mass is 10.0. The van der Waals surface area contributed by atoms with Crippen LogP contribution in [-0.4, -0.2) is 44.7 Å². The standard InChI is InChI=1S/C25H28N4O3/c1-31-22-12-11-18(15-23(22)32-2)16-27-25(30)20-9-6-10-24(28-20)29-14-13-26-21(17-29)19-7-4-3-5-8-19/h3-12,15,21,26H,13-14,16-17H2,1-2H3,(H,27,30)/t21-/m0/s1. The van der Waals surface area contributed by atoms with Crippen LogP contribution in [-0.2, 0) is 6.54 Å². The number of benzene rings is 2. The molecule has 7 nitrogen and oxygen atoms in total. The number of aromatic nitrogens is 1. The molecular formula is C25H28N4O3. The van der Waals surface area contributed by atoms with E-state index in [4.69, 9.17) is 9.47 Å². The first-order chi connectivity index (χ1) is 15.7. The number of amides is 1. The van der Waals surface area contributed by atoms with Gasteiger partial charge in [0.25, 0.3) is 5.91 Å². The molecule has 0 aliphatic carbocycles. The number of hydrogen-bond donors (Lipinski definition) is 2. The lowest BCUT2D eigenvalue weighted by molar-refractivity contribution is 0.0946. The predicted octanol–water partition coefficient (Wildman–Crippen LogP) is 3.18. The van der Waals surface area contributed by atoms with Crippen molar-refractivity contribution in [1.82, 2.24) is 15.6 Å². The Bertz CT molecular complexity index is 1060. The topological polar surface area (TPSA) is 75.7 Å². The molecule has 0 unspecified atom stereocenters. The molecule has 1 aromatic heterocycles. The van der Waals surface area contributed by atoms with Crippen LogP contribution in [0.15, 0.2) is 66.7 Å². The van der Waals surface area contributed by atoms with Crippen molar-refractivity contribution in [3.05, 3.63) is 83.6 Å². The number of methoxy groups -OCH3 is 2. The summed E-state index contributed by atoms with van der Waals surface area (Å²) in [5.41, 5.74) is 2.57. The van der Waals surface area contributed by atoms with Crippen LogP contribution < -0.4 is 25.0 Å². The molecule has 1 saturated heterocycles. The van der Waals surface area contributed by atoms with E-state index in [0.717, 1.165) is 31.0 Å². The molecule has 1 fully saturated rings. The Morgan fingerprint density at radius 3 is 2.66 bits per heavy atom. The van der Waals surface area contributed by atoms with Crippen molar-refractivity contribution in [2.75, 3.05) is 38.8 Å². The Kier molecular flexibility index (Phi) is 6.87. The number of hydrogen-bond acceptors (Lipinski definition) is 6. The smallest absolute Gasteiger partial charge is 0.270 e. The first-order valence-electron chi connectivity index (χ1n) is 10.7. The summed E-state index contributed by atoms with van der Waals surface area (Å²) >= 11 is 0. The van der Waals surface area contributed by atoms with Gasteiger partial charge < -0.3 is 25.0 Å². The Labute approximate surface area is 188 Å². The molecule has 2 heterocycles. The van der Waals surface area contributed by atoms with Gasteiger partial charge in [0.05, 0.1) is 14.2 Å². The predicted molar refractivity (Wildman–Crippen MR) is 124 cm³/mol. The zero-order valence-corrected chi connectivity index (χ0v) is 18.4.